The molecule has 1 saturated heterocycles. The summed E-state index contributed by atoms with van der Waals surface area (Å²) in [5.41, 5.74) is 3.37. The van der Waals surface area contributed by atoms with Gasteiger partial charge in [0, 0.05) is 57.1 Å². The zero-order valence-corrected chi connectivity index (χ0v) is 18.4. The predicted molar refractivity (Wildman–Crippen MR) is 122 cm³/mol. The Morgan fingerprint density at radius 2 is 1.83 bits per heavy atom. The van der Waals surface area contributed by atoms with Gasteiger partial charge in [-0.1, -0.05) is 24.3 Å². The van der Waals surface area contributed by atoms with Crippen molar-refractivity contribution in [3.63, 3.8) is 0 Å². The number of nitrogens with zero attached hydrogens (tertiary/aromatic N) is 3. The fraction of sp³-hybridized carbons (Fsp3) is 0.455. The van der Waals surface area contributed by atoms with Gasteiger partial charge in [-0.25, -0.2) is 0 Å². The summed E-state index contributed by atoms with van der Waals surface area (Å²) in [6.45, 7) is 5.08. The Morgan fingerprint density at radius 1 is 1.07 bits per heavy atom. The Bertz CT molecular complexity index is 789. The van der Waals surface area contributed by atoms with Crippen LogP contribution in [0.15, 0.2) is 48.7 Å². The van der Waals surface area contributed by atoms with Gasteiger partial charge in [0.25, 0.3) is 0 Å². The Balaban J connectivity index is 0.00000150. The first-order chi connectivity index (χ1) is 13.2. The SMILES string of the molecule is CC(=O)N1CC[C@@H]2CC[C@H](CNCc3ccccc31)N2Cc1ccccn1.Cl.Cl. The molecule has 1 amide bonds. The van der Waals surface area contributed by atoms with Gasteiger partial charge in [0.2, 0.25) is 5.91 Å². The highest BCUT2D eigenvalue weighted by molar-refractivity contribution is 5.92. The van der Waals surface area contributed by atoms with Crippen LogP contribution in [0.25, 0.3) is 0 Å². The number of amides is 1. The zero-order chi connectivity index (χ0) is 18.6. The van der Waals surface area contributed by atoms with Gasteiger partial charge in [-0.05, 0) is 43.0 Å². The second-order valence-corrected chi connectivity index (χ2v) is 7.60. The van der Waals surface area contributed by atoms with Gasteiger partial charge in [-0.3, -0.25) is 14.7 Å². The number of anilines is 1. The summed E-state index contributed by atoms with van der Waals surface area (Å²) in [6, 6.07) is 15.4. The maximum atomic E-state index is 12.4. The largest absolute Gasteiger partial charge is 0.312 e. The number of halogens is 2. The Labute approximate surface area is 185 Å². The van der Waals surface area contributed by atoms with Crippen molar-refractivity contribution in [3.8, 4) is 0 Å². The monoisotopic (exact) mass is 436 g/mol. The summed E-state index contributed by atoms with van der Waals surface area (Å²) in [7, 11) is 0. The highest BCUT2D eigenvalue weighted by Gasteiger charge is 2.34. The van der Waals surface area contributed by atoms with E-state index in [-0.39, 0.29) is 30.7 Å². The lowest BCUT2D eigenvalue weighted by atomic mass is 10.1. The van der Waals surface area contributed by atoms with Crippen LogP contribution in [-0.4, -0.2) is 41.0 Å². The van der Waals surface area contributed by atoms with Crippen molar-refractivity contribution in [3.05, 3.63) is 59.9 Å². The van der Waals surface area contributed by atoms with Gasteiger partial charge < -0.3 is 10.2 Å². The molecule has 0 saturated carbocycles. The van der Waals surface area contributed by atoms with Crippen LogP contribution in [-0.2, 0) is 17.9 Å². The van der Waals surface area contributed by atoms with E-state index in [1.165, 1.54) is 18.4 Å². The number of pyridine rings is 1. The Morgan fingerprint density at radius 3 is 2.59 bits per heavy atom. The van der Waals surface area contributed by atoms with Gasteiger partial charge in [-0.15, -0.1) is 24.8 Å². The van der Waals surface area contributed by atoms with Crippen molar-refractivity contribution in [1.82, 2.24) is 15.2 Å². The van der Waals surface area contributed by atoms with E-state index in [4.69, 9.17) is 0 Å². The molecule has 1 fully saturated rings. The summed E-state index contributed by atoms with van der Waals surface area (Å²) >= 11 is 0. The first-order valence-electron chi connectivity index (χ1n) is 9.95. The number of fused-ring (bicyclic) bond motifs is 3. The lowest BCUT2D eigenvalue weighted by Crippen LogP contribution is -2.42. The first-order valence-corrected chi connectivity index (χ1v) is 9.95. The number of hydrogen-bond acceptors (Lipinski definition) is 4. The smallest absolute Gasteiger partial charge is 0.223 e. The van der Waals surface area contributed by atoms with Crippen molar-refractivity contribution < 1.29 is 4.79 Å². The van der Waals surface area contributed by atoms with E-state index in [0.29, 0.717) is 12.1 Å². The van der Waals surface area contributed by atoms with E-state index in [1.807, 2.05) is 23.2 Å². The van der Waals surface area contributed by atoms with Crippen molar-refractivity contribution in [2.75, 3.05) is 18.0 Å². The topological polar surface area (TPSA) is 48.5 Å². The first kappa shape index (κ1) is 23.6. The summed E-state index contributed by atoms with van der Waals surface area (Å²) in [5.74, 6) is 0.118. The molecular weight excluding hydrogens is 407 g/mol. The minimum Gasteiger partial charge on any atom is -0.312 e. The zero-order valence-electron chi connectivity index (χ0n) is 16.8. The molecule has 2 aromatic rings. The maximum absolute atomic E-state index is 12.4. The molecule has 1 aromatic carbocycles. The fourth-order valence-electron chi connectivity index (χ4n) is 4.50. The minimum atomic E-state index is 0. The highest BCUT2D eigenvalue weighted by atomic mass is 35.5. The molecule has 5 nitrogen and oxygen atoms in total. The van der Waals surface area contributed by atoms with E-state index < -0.39 is 0 Å². The van der Waals surface area contributed by atoms with Crippen LogP contribution in [0.1, 0.15) is 37.4 Å². The molecule has 29 heavy (non-hydrogen) atoms. The third kappa shape index (κ3) is 5.48. The van der Waals surface area contributed by atoms with E-state index in [2.05, 4.69) is 45.5 Å². The number of rotatable bonds is 2. The molecule has 0 spiro atoms. The van der Waals surface area contributed by atoms with Crippen LogP contribution in [0, 0.1) is 0 Å². The van der Waals surface area contributed by atoms with Crippen LogP contribution in [0.5, 0.6) is 0 Å². The minimum absolute atomic E-state index is 0. The van der Waals surface area contributed by atoms with Gasteiger partial charge in [0.15, 0.2) is 0 Å². The van der Waals surface area contributed by atoms with Gasteiger partial charge in [0.1, 0.15) is 0 Å². The number of aromatic nitrogens is 1. The quantitative estimate of drug-likeness (QED) is 0.777. The van der Waals surface area contributed by atoms with E-state index >= 15 is 0 Å². The highest BCUT2D eigenvalue weighted by Crippen LogP contribution is 2.30. The average molecular weight is 437 g/mol. The molecule has 7 heteroatoms. The molecule has 2 aliphatic heterocycles. The summed E-state index contributed by atoms with van der Waals surface area (Å²) in [5, 5.41) is 3.64. The molecule has 2 bridgehead atoms. The normalized spacial score (nSPS) is 21.9. The maximum Gasteiger partial charge on any atom is 0.223 e. The standard InChI is InChI=1S/C22H28N4O.2ClH/c1-17(27)25-13-11-20-9-10-21(26(20)16-19-7-4-5-12-24-19)15-23-14-18-6-2-3-8-22(18)25;;/h2-8,12,20-21,23H,9-11,13-16H2,1H3;2*1H/t20-,21+;;/m0../s1. The number of benzene rings is 1. The molecule has 4 rings (SSSR count). The Hall–Kier alpha value is -1.66. The summed E-state index contributed by atoms with van der Waals surface area (Å²) < 4.78 is 0. The molecule has 0 aliphatic carbocycles. The second-order valence-electron chi connectivity index (χ2n) is 7.60. The van der Waals surface area contributed by atoms with Crippen molar-refractivity contribution in [2.45, 2.75) is 51.4 Å². The lowest BCUT2D eigenvalue weighted by Gasteiger charge is -2.31. The average Bonchev–Trinajstić information content (AvgIpc) is 3.03. The Kier molecular flexibility index (Phi) is 8.90. The number of nitrogens with one attached hydrogen (secondary N) is 1. The van der Waals surface area contributed by atoms with Gasteiger partial charge in [0.05, 0.1) is 5.69 Å². The molecule has 1 N–H and O–H groups in total. The molecule has 2 atom stereocenters. The molecule has 2 aliphatic rings. The van der Waals surface area contributed by atoms with Gasteiger partial charge >= 0.3 is 0 Å². The van der Waals surface area contributed by atoms with E-state index in [0.717, 1.165) is 44.0 Å². The third-order valence-electron chi connectivity index (χ3n) is 5.89. The van der Waals surface area contributed by atoms with Gasteiger partial charge in [-0.2, -0.15) is 0 Å². The number of hydrogen-bond donors (Lipinski definition) is 1. The molecule has 3 heterocycles. The fourth-order valence-corrected chi connectivity index (χ4v) is 4.50. The van der Waals surface area contributed by atoms with E-state index in [1.54, 1.807) is 6.92 Å². The summed E-state index contributed by atoms with van der Waals surface area (Å²) in [4.78, 5) is 21.5. The van der Waals surface area contributed by atoms with Crippen LogP contribution in [0.2, 0.25) is 0 Å². The lowest BCUT2D eigenvalue weighted by molar-refractivity contribution is -0.116. The number of carbonyl (C=O) groups is 1. The van der Waals surface area contributed by atoms with Crippen LogP contribution < -0.4 is 10.2 Å². The molecule has 0 unspecified atom stereocenters. The van der Waals surface area contributed by atoms with Crippen molar-refractivity contribution >= 4 is 36.4 Å². The van der Waals surface area contributed by atoms with Crippen LogP contribution in [0.4, 0.5) is 5.69 Å². The number of para-hydroxylation sites is 1. The number of carbonyl (C=O) groups excluding carboxylic acids is 1. The predicted octanol–water partition coefficient (Wildman–Crippen LogP) is 3.80. The van der Waals surface area contributed by atoms with Crippen molar-refractivity contribution in [1.29, 1.82) is 0 Å². The second kappa shape index (κ2) is 10.9. The third-order valence-corrected chi connectivity index (χ3v) is 5.89. The molecular formula is C22H30Cl2N4O. The van der Waals surface area contributed by atoms with Crippen LogP contribution in [0.3, 0.4) is 0 Å². The molecule has 158 valence electrons. The molecule has 1 aromatic heterocycles. The van der Waals surface area contributed by atoms with E-state index in [9.17, 15) is 4.79 Å². The molecule has 0 radical (unpaired) electrons. The van der Waals surface area contributed by atoms with Crippen molar-refractivity contribution in [2.24, 2.45) is 0 Å². The van der Waals surface area contributed by atoms with Crippen LogP contribution >= 0.6 is 24.8 Å². The summed E-state index contributed by atoms with van der Waals surface area (Å²) in [6.07, 6.45) is 5.26.